The van der Waals surface area contributed by atoms with Crippen molar-refractivity contribution in [2.75, 3.05) is 39.6 Å². The van der Waals surface area contributed by atoms with Crippen molar-refractivity contribution in [2.24, 2.45) is 5.92 Å². The maximum Gasteiger partial charge on any atom is 0.472 e. The number of esters is 4. The normalized spacial score (nSPS) is 14.0. The van der Waals surface area contributed by atoms with Crippen molar-refractivity contribution >= 4 is 39.5 Å². The van der Waals surface area contributed by atoms with Crippen LogP contribution in [0.25, 0.3) is 0 Å². The van der Waals surface area contributed by atoms with E-state index in [2.05, 4.69) is 34.6 Å². The third-order valence-electron chi connectivity index (χ3n) is 17.3. The van der Waals surface area contributed by atoms with Gasteiger partial charge in [-0.25, -0.2) is 9.13 Å². The zero-order valence-electron chi connectivity index (χ0n) is 60.4. The quantitative estimate of drug-likeness (QED) is 0.0222. The summed E-state index contributed by atoms with van der Waals surface area (Å²) in [5.41, 5.74) is 0. The van der Waals surface area contributed by atoms with E-state index >= 15 is 0 Å². The number of phosphoric ester groups is 2. The Hall–Kier alpha value is -1.94. The third kappa shape index (κ3) is 68.4. The van der Waals surface area contributed by atoms with Gasteiger partial charge in [0.2, 0.25) is 0 Å². The summed E-state index contributed by atoms with van der Waals surface area (Å²) in [5.74, 6) is -1.31. The summed E-state index contributed by atoms with van der Waals surface area (Å²) in [7, 11) is -9.90. The Kier molecular flexibility index (Phi) is 65.9. The largest absolute Gasteiger partial charge is 0.472 e. The molecule has 93 heavy (non-hydrogen) atoms. The van der Waals surface area contributed by atoms with Gasteiger partial charge in [-0.3, -0.25) is 37.3 Å². The van der Waals surface area contributed by atoms with Crippen LogP contribution in [0.15, 0.2) is 0 Å². The van der Waals surface area contributed by atoms with Crippen LogP contribution in [0.4, 0.5) is 0 Å². The van der Waals surface area contributed by atoms with E-state index in [9.17, 15) is 43.2 Å². The number of ether oxygens (including phenoxy) is 4. The zero-order chi connectivity index (χ0) is 68.4. The Bertz CT molecular complexity index is 1790. The molecule has 17 nitrogen and oxygen atoms in total. The number of carbonyl (C=O) groups excluding carboxylic acids is 4. The van der Waals surface area contributed by atoms with E-state index in [1.807, 2.05) is 0 Å². The molecule has 0 aliphatic heterocycles. The molecule has 0 amide bonds. The lowest BCUT2D eigenvalue weighted by Gasteiger charge is -2.21. The lowest BCUT2D eigenvalue weighted by Crippen LogP contribution is -2.30. The van der Waals surface area contributed by atoms with Crippen LogP contribution in [0.3, 0.4) is 0 Å². The molecule has 0 radical (unpaired) electrons. The fraction of sp³-hybridized carbons (Fsp3) is 0.946. The number of aliphatic hydroxyl groups excluding tert-OH is 1. The highest BCUT2D eigenvalue weighted by molar-refractivity contribution is 7.47. The van der Waals surface area contributed by atoms with Crippen LogP contribution in [0.1, 0.15) is 388 Å². The maximum atomic E-state index is 13.1. The number of phosphoric acid groups is 2. The second-order valence-corrected chi connectivity index (χ2v) is 30.1. The van der Waals surface area contributed by atoms with Crippen molar-refractivity contribution in [1.82, 2.24) is 0 Å². The second-order valence-electron chi connectivity index (χ2n) is 27.2. The molecule has 5 atom stereocenters. The SMILES string of the molecule is CCCCCCCCCCCCCCCCC(=O)OC[C@H](COP(=O)(O)OC[C@@H](O)COP(=O)(O)OC[C@@H](COC(=O)CCCCCCCCCC)OC(=O)CCCCCCCCCCCCCC)OC(=O)CCCCCCCCCCCCCCCCCCC(C)C. The molecule has 552 valence electrons. The number of hydrogen-bond acceptors (Lipinski definition) is 15. The zero-order valence-corrected chi connectivity index (χ0v) is 62.2. The molecule has 0 aliphatic rings. The van der Waals surface area contributed by atoms with Crippen molar-refractivity contribution in [3.05, 3.63) is 0 Å². The molecule has 19 heteroatoms. The number of rotatable bonds is 74. The van der Waals surface area contributed by atoms with Gasteiger partial charge in [-0.1, -0.05) is 336 Å². The van der Waals surface area contributed by atoms with Crippen LogP contribution in [0.5, 0.6) is 0 Å². The molecule has 0 aromatic rings. The van der Waals surface area contributed by atoms with Gasteiger partial charge >= 0.3 is 39.5 Å². The Labute approximate surface area is 568 Å². The van der Waals surface area contributed by atoms with E-state index in [-0.39, 0.29) is 25.7 Å². The number of unbranched alkanes of at least 4 members (excludes halogenated alkanes) is 46. The molecule has 0 aromatic heterocycles. The van der Waals surface area contributed by atoms with E-state index in [1.165, 1.54) is 205 Å². The molecule has 0 saturated heterocycles. The predicted molar refractivity (Wildman–Crippen MR) is 377 cm³/mol. The van der Waals surface area contributed by atoms with Gasteiger partial charge in [0.1, 0.15) is 19.3 Å². The number of aliphatic hydroxyl groups is 1. The first-order valence-electron chi connectivity index (χ1n) is 38.6. The minimum Gasteiger partial charge on any atom is -0.462 e. The van der Waals surface area contributed by atoms with Gasteiger partial charge in [0.25, 0.3) is 0 Å². The van der Waals surface area contributed by atoms with Gasteiger partial charge in [0.05, 0.1) is 26.4 Å². The van der Waals surface area contributed by atoms with Gasteiger partial charge in [0.15, 0.2) is 12.2 Å². The van der Waals surface area contributed by atoms with Crippen LogP contribution in [0, 0.1) is 5.92 Å². The van der Waals surface area contributed by atoms with Crippen LogP contribution in [-0.4, -0.2) is 96.7 Å². The second kappa shape index (κ2) is 67.3. The van der Waals surface area contributed by atoms with E-state index in [4.69, 9.17) is 37.0 Å². The molecule has 0 spiro atoms. The molecule has 0 aromatic carbocycles. The molecular weight excluding hydrogens is 1220 g/mol. The molecule has 0 aliphatic carbocycles. The van der Waals surface area contributed by atoms with Crippen molar-refractivity contribution in [3.8, 4) is 0 Å². The average Bonchev–Trinajstić information content (AvgIpc) is 3.18. The molecule has 0 fully saturated rings. The summed E-state index contributed by atoms with van der Waals surface area (Å²) < 4.78 is 68.4. The number of carbonyl (C=O) groups is 4. The van der Waals surface area contributed by atoms with Crippen LogP contribution in [-0.2, 0) is 65.4 Å². The van der Waals surface area contributed by atoms with E-state index in [0.717, 1.165) is 102 Å². The Morgan fingerprint density at radius 2 is 0.495 bits per heavy atom. The summed E-state index contributed by atoms with van der Waals surface area (Å²) >= 11 is 0. The first kappa shape index (κ1) is 91.1. The number of hydrogen-bond donors (Lipinski definition) is 3. The highest BCUT2D eigenvalue weighted by Gasteiger charge is 2.30. The van der Waals surface area contributed by atoms with Crippen molar-refractivity contribution in [3.63, 3.8) is 0 Å². The van der Waals surface area contributed by atoms with Crippen LogP contribution in [0.2, 0.25) is 0 Å². The monoisotopic (exact) mass is 1370 g/mol. The summed E-state index contributed by atoms with van der Waals surface area (Å²) in [6.45, 7) is 7.29. The van der Waals surface area contributed by atoms with Gasteiger partial charge in [-0.05, 0) is 31.6 Å². The minimum atomic E-state index is -4.95. The highest BCUT2D eigenvalue weighted by Crippen LogP contribution is 2.45. The topological polar surface area (TPSA) is 237 Å². The first-order valence-corrected chi connectivity index (χ1v) is 41.6. The summed E-state index contributed by atoms with van der Waals surface area (Å²) in [5, 5.41) is 10.6. The summed E-state index contributed by atoms with van der Waals surface area (Å²) in [6, 6.07) is 0. The van der Waals surface area contributed by atoms with E-state index < -0.39 is 97.5 Å². The molecule has 0 saturated carbocycles. The fourth-order valence-electron chi connectivity index (χ4n) is 11.4. The van der Waals surface area contributed by atoms with Crippen LogP contribution >= 0.6 is 15.6 Å². The summed E-state index contributed by atoms with van der Waals surface area (Å²) in [6.07, 6.45) is 55.4. The standard InChI is InChI=1S/C74H144O17P2/c1-6-9-12-15-18-21-23-25-31-35-38-43-48-53-58-72(77)85-64-70(91-74(79)60-55-50-45-40-36-32-29-27-26-28-30-33-37-41-46-51-56-67(4)5)66-89-93(82,83)87-62-68(75)61-86-92(80,81)88-65-69(63-84-71(76)57-52-47-42-20-17-14-11-8-3)90-73(78)59-54-49-44-39-34-24-22-19-16-13-10-7-2/h67-70,75H,6-66H2,1-5H3,(H,80,81)(H,82,83)/t68-,69+,70+/m0/s1. The third-order valence-corrected chi connectivity index (χ3v) is 19.2. The fourth-order valence-corrected chi connectivity index (χ4v) is 12.9. The minimum absolute atomic E-state index is 0.107. The molecular formula is C74H144O17P2. The average molecular weight is 1370 g/mol. The van der Waals surface area contributed by atoms with Crippen molar-refractivity contribution in [1.29, 1.82) is 0 Å². The maximum absolute atomic E-state index is 13.1. The Morgan fingerprint density at radius 3 is 0.731 bits per heavy atom. The van der Waals surface area contributed by atoms with Crippen molar-refractivity contribution in [2.45, 2.75) is 406 Å². The molecule has 0 rings (SSSR count). The smallest absolute Gasteiger partial charge is 0.462 e. The first-order chi connectivity index (χ1) is 45.0. The van der Waals surface area contributed by atoms with Crippen LogP contribution < -0.4 is 0 Å². The van der Waals surface area contributed by atoms with Gasteiger partial charge in [-0.2, -0.15) is 0 Å². The lowest BCUT2D eigenvalue weighted by atomic mass is 10.0. The summed E-state index contributed by atoms with van der Waals surface area (Å²) in [4.78, 5) is 72.6. The van der Waals surface area contributed by atoms with Crippen molar-refractivity contribution < 1.29 is 80.2 Å². The van der Waals surface area contributed by atoms with E-state index in [1.54, 1.807) is 0 Å². The van der Waals surface area contributed by atoms with Gasteiger partial charge in [0, 0.05) is 25.7 Å². The van der Waals surface area contributed by atoms with Gasteiger partial charge < -0.3 is 33.8 Å². The van der Waals surface area contributed by atoms with Gasteiger partial charge in [-0.15, -0.1) is 0 Å². The van der Waals surface area contributed by atoms with E-state index in [0.29, 0.717) is 25.7 Å². The lowest BCUT2D eigenvalue weighted by molar-refractivity contribution is -0.161. The highest BCUT2D eigenvalue weighted by atomic mass is 31.2. The molecule has 0 bridgehead atoms. The molecule has 3 N–H and O–H groups in total. The molecule has 2 unspecified atom stereocenters. The predicted octanol–water partition coefficient (Wildman–Crippen LogP) is 21.7. The Balaban J connectivity index is 5.20. The Morgan fingerprint density at radius 1 is 0.290 bits per heavy atom. The molecule has 0 heterocycles.